The second-order valence-electron chi connectivity index (χ2n) is 9.13. The Labute approximate surface area is 192 Å². The Hall–Kier alpha value is -3.49. The SMILES string of the molecule is Cc1oc2cc3n(c(=O)c2c1C)CCC31C(=O)N(CC2=CCC(C(F)(F)F)O2)c2ccccc21. The van der Waals surface area contributed by atoms with Gasteiger partial charge in [-0.2, -0.15) is 13.2 Å². The molecule has 1 amide bonds. The normalized spacial score (nSPS) is 23.6. The molecule has 5 heterocycles. The molecule has 1 aromatic carbocycles. The molecule has 2 unspecified atom stereocenters. The zero-order valence-corrected chi connectivity index (χ0v) is 18.5. The van der Waals surface area contributed by atoms with Gasteiger partial charge in [-0.15, -0.1) is 0 Å². The van der Waals surface area contributed by atoms with Crippen LogP contribution in [0.25, 0.3) is 11.0 Å². The van der Waals surface area contributed by atoms with Gasteiger partial charge in [0, 0.05) is 36.0 Å². The molecule has 3 aromatic rings. The first-order valence-corrected chi connectivity index (χ1v) is 11.1. The van der Waals surface area contributed by atoms with Crippen LogP contribution in [-0.2, 0) is 21.5 Å². The number of pyridine rings is 1. The number of rotatable bonds is 2. The summed E-state index contributed by atoms with van der Waals surface area (Å²) in [6.07, 6.45) is -4.87. The first kappa shape index (κ1) is 21.1. The van der Waals surface area contributed by atoms with E-state index in [9.17, 15) is 22.8 Å². The van der Waals surface area contributed by atoms with Crippen molar-refractivity contribution in [2.45, 2.75) is 50.9 Å². The number of benzene rings is 1. The molecule has 0 radical (unpaired) electrons. The minimum absolute atomic E-state index is 0.102. The smallest absolute Gasteiger partial charge is 0.425 e. The van der Waals surface area contributed by atoms with E-state index in [2.05, 4.69) is 0 Å². The van der Waals surface area contributed by atoms with Gasteiger partial charge >= 0.3 is 6.18 Å². The van der Waals surface area contributed by atoms with Crippen LogP contribution in [0, 0.1) is 13.8 Å². The minimum atomic E-state index is -4.47. The van der Waals surface area contributed by atoms with Crippen LogP contribution in [0.3, 0.4) is 0 Å². The minimum Gasteiger partial charge on any atom is -0.483 e. The number of halogens is 3. The highest BCUT2D eigenvalue weighted by Gasteiger charge is 2.56. The summed E-state index contributed by atoms with van der Waals surface area (Å²) in [5.74, 6) is 0.485. The van der Waals surface area contributed by atoms with E-state index in [1.54, 1.807) is 29.7 Å². The van der Waals surface area contributed by atoms with Gasteiger partial charge in [0.1, 0.15) is 22.5 Å². The van der Waals surface area contributed by atoms with Gasteiger partial charge in [-0.1, -0.05) is 18.2 Å². The number of aromatic nitrogens is 1. The Kier molecular flexibility index (Phi) is 4.20. The number of alkyl halides is 3. The molecule has 0 saturated carbocycles. The van der Waals surface area contributed by atoms with Crippen molar-refractivity contribution >= 4 is 22.6 Å². The molecule has 3 aliphatic rings. The summed E-state index contributed by atoms with van der Waals surface area (Å²) in [5.41, 5.74) is 1.80. The Morgan fingerprint density at radius 2 is 1.94 bits per heavy atom. The van der Waals surface area contributed by atoms with Crippen LogP contribution >= 0.6 is 0 Å². The Balaban J connectivity index is 1.46. The molecule has 0 fully saturated rings. The van der Waals surface area contributed by atoms with Crippen LogP contribution in [-0.4, -0.2) is 29.3 Å². The molecule has 0 N–H and O–H groups in total. The van der Waals surface area contributed by atoms with Crippen LogP contribution in [0.15, 0.2) is 51.4 Å². The molecule has 0 aliphatic carbocycles. The maximum absolute atomic E-state index is 14.0. The number of fused-ring (bicyclic) bond motifs is 5. The van der Waals surface area contributed by atoms with Gasteiger partial charge < -0.3 is 18.6 Å². The summed E-state index contributed by atoms with van der Waals surface area (Å²) in [6.45, 7) is 3.88. The van der Waals surface area contributed by atoms with Crippen molar-refractivity contribution in [1.29, 1.82) is 0 Å². The first-order valence-electron chi connectivity index (χ1n) is 11.1. The van der Waals surface area contributed by atoms with E-state index in [4.69, 9.17) is 9.15 Å². The molecule has 6 nitrogen and oxygen atoms in total. The number of hydrogen-bond acceptors (Lipinski definition) is 4. The third kappa shape index (κ3) is 2.63. The quantitative estimate of drug-likeness (QED) is 0.554. The third-order valence-corrected chi connectivity index (χ3v) is 7.37. The van der Waals surface area contributed by atoms with Gasteiger partial charge in [0.2, 0.25) is 5.91 Å². The van der Waals surface area contributed by atoms with E-state index < -0.39 is 17.7 Å². The topological polar surface area (TPSA) is 64.7 Å². The lowest BCUT2D eigenvalue weighted by Crippen LogP contribution is -2.41. The maximum Gasteiger partial charge on any atom is 0.425 e. The predicted molar refractivity (Wildman–Crippen MR) is 118 cm³/mol. The number of hydrogen-bond donors (Lipinski definition) is 0. The Morgan fingerprint density at radius 3 is 2.68 bits per heavy atom. The number of ether oxygens (including phenoxy) is 1. The van der Waals surface area contributed by atoms with Crippen molar-refractivity contribution in [2.24, 2.45) is 0 Å². The van der Waals surface area contributed by atoms with Crippen molar-refractivity contribution in [3.8, 4) is 0 Å². The molecular weight excluding hydrogens is 449 g/mol. The van der Waals surface area contributed by atoms with Gasteiger partial charge in [-0.3, -0.25) is 9.59 Å². The molecule has 3 aliphatic heterocycles. The van der Waals surface area contributed by atoms with E-state index in [0.717, 1.165) is 11.1 Å². The van der Waals surface area contributed by atoms with Crippen molar-refractivity contribution in [3.05, 3.63) is 75.1 Å². The fraction of sp³-hybridized carbons (Fsp3) is 0.360. The number of anilines is 1. The number of furan rings is 1. The predicted octanol–water partition coefficient (Wildman–Crippen LogP) is 4.48. The molecule has 0 saturated heterocycles. The fourth-order valence-corrected chi connectivity index (χ4v) is 5.60. The fourth-order valence-electron chi connectivity index (χ4n) is 5.60. The van der Waals surface area contributed by atoms with E-state index in [0.29, 0.717) is 41.1 Å². The molecule has 2 atom stereocenters. The van der Waals surface area contributed by atoms with E-state index in [1.807, 2.05) is 19.1 Å². The van der Waals surface area contributed by atoms with Gasteiger partial charge in [0.15, 0.2) is 6.10 Å². The summed E-state index contributed by atoms with van der Waals surface area (Å²) < 4.78 is 51.9. The maximum atomic E-state index is 14.0. The summed E-state index contributed by atoms with van der Waals surface area (Å²) in [4.78, 5) is 28.8. The van der Waals surface area contributed by atoms with Crippen LogP contribution in [0.4, 0.5) is 18.9 Å². The molecular formula is C25H21F3N2O4. The van der Waals surface area contributed by atoms with Crippen LogP contribution in [0.5, 0.6) is 0 Å². The zero-order valence-electron chi connectivity index (χ0n) is 18.5. The van der Waals surface area contributed by atoms with E-state index in [-0.39, 0.29) is 30.2 Å². The molecule has 1 spiro atoms. The number of para-hydroxylation sites is 1. The van der Waals surface area contributed by atoms with Crippen molar-refractivity contribution < 1.29 is 27.1 Å². The molecule has 2 aromatic heterocycles. The standard InChI is InChI=1S/C25H21F3N2O4/c1-13-14(2)33-18-11-19-24(9-10-29(19)22(31)21(13)18)16-5-3-4-6-17(16)30(23(24)32)12-15-7-8-20(34-15)25(26,27)28/h3-7,11,20H,8-10,12H2,1-2H3. The zero-order chi connectivity index (χ0) is 24.0. The lowest BCUT2D eigenvalue weighted by atomic mass is 9.77. The number of carbonyl (C=O) groups excluding carboxylic acids is 1. The number of nitrogens with zero attached hydrogens (tertiary/aromatic N) is 2. The molecule has 176 valence electrons. The highest BCUT2D eigenvalue weighted by molar-refractivity contribution is 6.11. The molecule has 0 bridgehead atoms. The summed E-state index contributed by atoms with van der Waals surface area (Å²) in [7, 11) is 0. The number of amides is 1. The summed E-state index contributed by atoms with van der Waals surface area (Å²) >= 11 is 0. The van der Waals surface area contributed by atoms with Crippen molar-refractivity contribution in [3.63, 3.8) is 0 Å². The lowest BCUT2D eigenvalue weighted by Gasteiger charge is -2.25. The average molecular weight is 470 g/mol. The van der Waals surface area contributed by atoms with Gasteiger partial charge in [0.05, 0.1) is 11.9 Å². The monoisotopic (exact) mass is 470 g/mol. The number of aryl methyl sites for hydroxylation is 2. The lowest BCUT2D eigenvalue weighted by molar-refractivity contribution is -0.202. The largest absolute Gasteiger partial charge is 0.483 e. The van der Waals surface area contributed by atoms with Crippen molar-refractivity contribution in [2.75, 3.05) is 11.4 Å². The molecule has 6 rings (SSSR count). The second-order valence-corrected chi connectivity index (χ2v) is 9.13. The molecule has 34 heavy (non-hydrogen) atoms. The van der Waals surface area contributed by atoms with E-state index in [1.165, 1.54) is 11.0 Å². The van der Waals surface area contributed by atoms with Crippen molar-refractivity contribution in [1.82, 2.24) is 4.57 Å². The second kappa shape index (κ2) is 6.77. The average Bonchev–Trinajstić information content (AvgIpc) is 3.53. The van der Waals surface area contributed by atoms with Gasteiger partial charge in [-0.05, 0) is 38.0 Å². The van der Waals surface area contributed by atoms with Crippen LogP contribution in [0.1, 0.15) is 35.4 Å². The summed E-state index contributed by atoms with van der Waals surface area (Å²) in [5, 5.41) is 0.511. The van der Waals surface area contributed by atoms with Gasteiger partial charge in [0.25, 0.3) is 5.56 Å². The molecule has 9 heteroatoms. The Bertz CT molecular complexity index is 1470. The van der Waals surface area contributed by atoms with Gasteiger partial charge in [-0.25, -0.2) is 0 Å². The highest BCUT2D eigenvalue weighted by Crippen LogP contribution is 2.51. The highest BCUT2D eigenvalue weighted by atomic mass is 19.4. The Morgan fingerprint density at radius 1 is 1.18 bits per heavy atom. The van der Waals surface area contributed by atoms with E-state index >= 15 is 0 Å². The third-order valence-electron chi connectivity index (χ3n) is 7.37. The number of carbonyl (C=O) groups is 1. The van der Waals surface area contributed by atoms with Crippen LogP contribution in [0.2, 0.25) is 0 Å². The summed E-state index contributed by atoms with van der Waals surface area (Å²) in [6, 6.07) is 9.00. The first-order chi connectivity index (χ1) is 16.1. The van der Waals surface area contributed by atoms with Crippen LogP contribution < -0.4 is 10.5 Å².